The van der Waals surface area contributed by atoms with Crippen LogP contribution in [0.3, 0.4) is 0 Å². The van der Waals surface area contributed by atoms with Gasteiger partial charge in [-0.1, -0.05) is 17.7 Å². The molecule has 1 N–H and O–H groups in total. The van der Waals surface area contributed by atoms with Crippen LogP contribution in [0.25, 0.3) is 0 Å². The lowest BCUT2D eigenvalue weighted by molar-refractivity contribution is 0.102. The van der Waals surface area contributed by atoms with E-state index in [4.69, 9.17) is 11.6 Å². The molecule has 0 aliphatic carbocycles. The van der Waals surface area contributed by atoms with Crippen molar-refractivity contribution >= 4 is 73.1 Å². The molecule has 0 bridgehead atoms. The largest absolute Gasteiger partial charge is 0.321 e. The third-order valence-corrected chi connectivity index (χ3v) is 5.22. The molecule has 1 aromatic carbocycles. The highest BCUT2D eigenvalue weighted by Crippen LogP contribution is 2.30. The monoisotopic (exact) mass is 441 g/mol. The van der Waals surface area contributed by atoms with E-state index in [-0.39, 0.29) is 5.91 Å². The van der Waals surface area contributed by atoms with Gasteiger partial charge < -0.3 is 5.32 Å². The number of hydrogen-bond donors (Lipinski definition) is 1. The quantitative estimate of drug-likeness (QED) is 0.650. The van der Waals surface area contributed by atoms with E-state index in [1.807, 2.05) is 11.4 Å². The fourth-order valence-corrected chi connectivity index (χ4v) is 3.09. The minimum atomic E-state index is -0.132. The summed E-state index contributed by atoms with van der Waals surface area (Å²) < 4.78 is 1.78. The summed E-state index contributed by atoms with van der Waals surface area (Å²) in [6.07, 6.45) is 0. The Morgan fingerprint density at radius 2 is 2.24 bits per heavy atom. The molecule has 1 heterocycles. The van der Waals surface area contributed by atoms with E-state index in [0.29, 0.717) is 20.7 Å². The van der Waals surface area contributed by atoms with E-state index in [0.717, 1.165) is 2.88 Å². The zero-order valence-electron chi connectivity index (χ0n) is 8.34. The highest BCUT2D eigenvalue weighted by Gasteiger charge is 2.11. The van der Waals surface area contributed by atoms with Crippen LogP contribution in [-0.4, -0.2) is 5.91 Å². The van der Waals surface area contributed by atoms with Crippen LogP contribution in [0, 0.1) is 2.88 Å². The normalized spacial score (nSPS) is 10.3. The third kappa shape index (κ3) is 3.21. The fraction of sp³-hybridized carbons (Fsp3) is 0. The van der Waals surface area contributed by atoms with E-state index in [2.05, 4.69) is 43.8 Å². The smallest absolute Gasteiger partial charge is 0.256 e. The molecule has 1 aromatic heterocycles. The zero-order valence-corrected chi connectivity index (χ0v) is 13.7. The molecule has 0 spiro atoms. The van der Waals surface area contributed by atoms with Crippen LogP contribution in [0.4, 0.5) is 5.69 Å². The third-order valence-electron chi connectivity index (χ3n) is 2.03. The maximum Gasteiger partial charge on any atom is 0.256 e. The predicted molar refractivity (Wildman–Crippen MR) is 84.1 cm³/mol. The molecule has 6 heteroatoms. The maximum absolute atomic E-state index is 11.9. The van der Waals surface area contributed by atoms with Gasteiger partial charge in [-0.3, -0.25) is 4.79 Å². The van der Waals surface area contributed by atoms with Crippen molar-refractivity contribution < 1.29 is 4.79 Å². The molecule has 88 valence electrons. The minimum absolute atomic E-state index is 0.132. The van der Waals surface area contributed by atoms with Crippen LogP contribution in [-0.2, 0) is 0 Å². The SMILES string of the molecule is O=C(Nc1cccc(Cl)c1Br)c1csc(I)c1. The Morgan fingerprint density at radius 1 is 1.47 bits per heavy atom. The first kappa shape index (κ1) is 13.3. The Bertz CT molecular complexity index is 572. The van der Waals surface area contributed by atoms with Crippen molar-refractivity contribution in [2.75, 3.05) is 5.32 Å². The second-order valence-corrected chi connectivity index (χ2v) is 7.20. The van der Waals surface area contributed by atoms with Gasteiger partial charge in [-0.2, -0.15) is 0 Å². The summed E-state index contributed by atoms with van der Waals surface area (Å²) in [5, 5.41) is 5.21. The first-order valence-corrected chi connectivity index (χ1v) is 7.70. The topological polar surface area (TPSA) is 29.1 Å². The maximum atomic E-state index is 11.9. The number of rotatable bonds is 2. The number of benzene rings is 1. The minimum Gasteiger partial charge on any atom is -0.321 e. The average molecular weight is 443 g/mol. The summed E-state index contributed by atoms with van der Waals surface area (Å²) in [5.41, 5.74) is 1.33. The molecule has 2 aromatic rings. The molecule has 2 nitrogen and oxygen atoms in total. The zero-order chi connectivity index (χ0) is 12.4. The molecule has 0 aliphatic rings. The summed E-state index contributed by atoms with van der Waals surface area (Å²) in [7, 11) is 0. The Labute approximate surface area is 130 Å². The molecule has 0 saturated heterocycles. The van der Waals surface area contributed by atoms with Gasteiger partial charge in [0.05, 0.1) is 23.6 Å². The molecule has 17 heavy (non-hydrogen) atoms. The number of nitrogens with one attached hydrogen (secondary N) is 1. The van der Waals surface area contributed by atoms with Gasteiger partial charge in [-0.25, -0.2) is 0 Å². The van der Waals surface area contributed by atoms with Crippen molar-refractivity contribution in [3.05, 3.63) is 47.6 Å². The summed E-state index contributed by atoms with van der Waals surface area (Å²) in [4.78, 5) is 11.9. The number of amides is 1. The van der Waals surface area contributed by atoms with Crippen LogP contribution >= 0.6 is 61.5 Å². The van der Waals surface area contributed by atoms with Gasteiger partial charge >= 0.3 is 0 Å². The predicted octanol–water partition coefficient (Wildman–Crippen LogP) is 5.02. The van der Waals surface area contributed by atoms with E-state index >= 15 is 0 Å². The van der Waals surface area contributed by atoms with Crippen molar-refractivity contribution in [3.63, 3.8) is 0 Å². The summed E-state index contributed by atoms with van der Waals surface area (Å²) in [6.45, 7) is 0. The van der Waals surface area contributed by atoms with Gasteiger partial charge in [0.15, 0.2) is 0 Å². The van der Waals surface area contributed by atoms with Crippen LogP contribution in [0.15, 0.2) is 34.1 Å². The van der Waals surface area contributed by atoms with Gasteiger partial charge in [-0.15, -0.1) is 11.3 Å². The second-order valence-electron chi connectivity index (χ2n) is 3.19. The van der Waals surface area contributed by atoms with Crippen molar-refractivity contribution in [2.45, 2.75) is 0 Å². The highest BCUT2D eigenvalue weighted by atomic mass is 127. The molecule has 2 rings (SSSR count). The van der Waals surface area contributed by atoms with Gasteiger partial charge in [0.25, 0.3) is 5.91 Å². The van der Waals surface area contributed by atoms with E-state index in [1.165, 1.54) is 11.3 Å². The first-order chi connectivity index (χ1) is 8.08. The summed E-state index contributed by atoms with van der Waals surface area (Å²) in [5.74, 6) is -0.132. The lowest BCUT2D eigenvalue weighted by atomic mass is 10.3. The Kier molecular flexibility index (Phi) is 4.46. The van der Waals surface area contributed by atoms with Crippen LogP contribution in [0.5, 0.6) is 0 Å². The van der Waals surface area contributed by atoms with E-state index in [1.54, 1.807) is 18.2 Å². The lowest BCUT2D eigenvalue weighted by Crippen LogP contribution is -2.11. The van der Waals surface area contributed by atoms with Crippen molar-refractivity contribution in [1.29, 1.82) is 0 Å². The molecule has 0 radical (unpaired) electrons. The number of carbonyl (C=O) groups is 1. The Balaban J connectivity index is 2.21. The number of carbonyl (C=O) groups excluding carboxylic acids is 1. The average Bonchev–Trinajstić information content (AvgIpc) is 2.72. The van der Waals surface area contributed by atoms with E-state index in [9.17, 15) is 4.79 Å². The standard InChI is InChI=1S/C11H6BrClINOS/c12-10-7(13)2-1-3-8(10)15-11(16)6-4-9(14)17-5-6/h1-5H,(H,15,16). The number of hydrogen-bond acceptors (Lipinski definition) is 2. The lowest BCUT2D eigenvalue weighted by Gasteiger charge is -2.07. The molecule has 0 fully saturated rings. The number of anilines is 1. The van der Waals surface area contributed by atoms with Crippen LogP contribution in [0.1, 0.15) is 10.4 Å². The molecular formula is C11H6BrClINOS. The van der Waals surface area contributed by atoms with Gasteiger partial charge in [0.2, 0.25) is 0 Å². The van der Waals surface area contributed by atoms with Gasteiger partial charge in [-0.05, 0) is 56.7 Å². The van der Waals surface area contributed by atoms with Crippen LogP contribution < -0.4 is 5.32 Å². The first-order valence-electron chi connectivity index (χ1n) is 4.57. The van der Waals surface area contributed by atoms with Crippen molar-refractivity contribution in [2.24, 2.45) is 0 Å². The van der Waals surface area contributed by atoms with Crippen molar-refractivity contribution in [1.82, 2.24) is 0 Å². The van der Waals surface area contributed by atoms with E-state index < -0.39 is 0 Å². The second kappa shape index (κ2) is 5.69. The summed E-state index contributed by atoms with van der Waals surface area (Å²) in [6, 6.07) is 7.19. The molecule has 1 amide bonds. The van der Waals surface area contributed by atoms with Crippen molar-refractivity contribution in [3.8, 4) is 0 Å². The molecule has 0 saturated carbocycles. The fourth-order valence-electron chi connectivity index (χ4n) is 1.22. The summed E-state index contributed by atoms with van der Waals surface area (Å²) >= 11 is 13.0. The number of thiophene rings is 1. The Morgan fingerprint density at radius 3 is 2.88 bits per heavy atom. The molecule has 0 unspecified atom stereocenters. The molecule has 0 aliphatic heterocycles. The Hall–Kier alpha value is -0.110. The van der Waals surface area contributed by atoms with Crippen LogP contribution in [0.2, 0.25) is 5.02 Å². The van der Waals surface area contributed by atoms with Gasteiger partial charge in [0, 0.05) is 5.38 Å². The van der Waals surface area contributed by atoms with Gasteiger partial charge in [0.1, 0.15) is 0 Å². The molecular weight excluding hydrogens is 436 g/mol. The number of halogens is 3. The highest BCUT2D eigenvalue weighted by molar-refractivity contribution is 14.1. The molecule has 0 atom stereocenters.